The second-order valence-corrected chi connectivity index (χ2v) is 11.1. The second-order valence-electron chi connectivity index (χ2n) is 7.92. The van der Waals surface area contributed by atoms with E-state index in [1.807, 2.05) is 45.9 Å². The van der Waals surface area contributed by atoms with E-state index >= 15 is 0 Å². The Morgan fingerprint density at radius 1 is 0.917 bits per heavy atom. The molecule has 1 aromatic heterocycles. The highest BCUT2D eigenvalue weighted by atomic mass is 32.2. The smallest absolute Gasteiger partial charge is 0.374 e. The molecule has 36 heavy (non-hydrogen) atoms. The summed E-state index contributed by atoms with van der Waals surface area (Å²) >= 11 is 0. The van der Waals surface area contributed by atoms with E-state index in [0.29, 0.717) is 36.2 Å². The van der Waals surface area contributed by atoms with Gasteiger partial charge in [0.1, 0.15) is 0 Å². The third-order valence-electron chi connectivity index (χ3n) is 5.32. The molecule has 1 aliphatic heterocycles. The molecule has 0 saturated heterocycles. The first-order valence-electron chi connectivity index (χ1n) is 10.9. The third kappa shape index (κ3) is 6.92. The summed E-state index contributed by atoms with van der Waals surface area (Å²) in [7, 11) is -8.14. The maximum atomic E-state index is 11.1. The van der Waals surface area contributed by atoms with Crippen LogP contribution >= 0.6 is 0 Å². The molecule has 0 unspecified atom stereocenters. The lowest BCUT2D eigenvalue weighted by atomic mass is 10.2. The van der Waals surface area contributed by atoms with Gasteiger partial charge in [-0.3, -0.25) is 9.11 Å². The Morgan fingerprint density at radius 3 is 2.33 bits per heavy atom. The van der Waals surface area contributed by atoms with Crippen molar-refractivity contribution in [2.24, 2.45) is 0 Å². The van der Waals surface area contributed by atoms with Gasteiger partial charge in [0.2, 0.25) is 11.5 Å². The number of oxazole rings is 1. The standard InChI is InChI=1S/C23H24N2O8S2.H2O/c26-34(27,28)16-6-14-24-18-8-1-3-10-20(18)32-22(24)12-5-13-23-25(15-7-17-35(29,30)31)19-9-2-4-11-21(19)33-23;/h1-5,8-13H,6-7,14-17H2,(H-,26,27,28,29,30,31);1H2. The summed E-state index contributed by atoms with van der Waals surface area (Å²) in [4.78, 5) is 1.82. The SMILES string of the molecule is O=S(=O)(O)CCCN1C(=CC=Cc2oc3ccccc3[n+]2CCCS(=O)(=O)O)Oc2ccccc21.[OH-]. The van der Waals surface area contributed by atoms with Crippen LogP contribution in [0.25, 0.3) is 17.2 Å². The number of ether oxygens (including phenoxy) is 1. The molecule has 0 atom stereocenters. The van der Waals surface area contributed by atoms with E-state index in [9.17, 15) is 16.8 Å². The number of hydrogen-bond donors (Lipinski definition) is 2. The van der Waals surface area contributed by atoms with E-state index in [-0.39, 0.29) is 29.8 Å². The summed E-state index contributed by atoms with van der Waals surface area (Å²) in [5.74, 6) is 0.857. The van der Waals surface area contributed by atoms with Crippen molar-refractivity contribution >= 4 is 43.1 Å². The summed E-state index contributed by atoms with van der Waals surface area (Å²) in [5, 5.41) is 0. The number of aryl methyl sites for hydroxylation is 1. The van der Waals surface area contributed by atoms with Crippen LogP contribution in [0.1, 0.15) is 18.7 Å². The minimum absolute atomic E-state index is 0. The van der Waals surface area contributed by atoms with Gasteiger partial charge in [0.25, 0.3) is 25.8 Å². The van der Waals surface area contributed by atoms with Gasteiger partial charge in [-0.15, -0.1) is 0 Å². The van der Waals surface area contributed by atoms with Gasteiger partial charge >= 0.3 is 5.89 Å². The predicted octanol–water partition coefficient (Wildman–Crippen LogP) is 2.85. The number of benzene rings is 2. The van der Waals surface area contributed by atoms with E-state index in [1.165, 1.54) is 0 Å². The van der Waals surface area contributed by atoms with Gasteiger partial charge < -0.3 is 19.5 Å². The Hall–Kier alpha value is -3.23. The van der Waals surface area contributed by atoms with Crippen LogP contribution in [0.3, 0.4) is 0 Å². The average molecular weight is 539 g/mol. The van der Waals surface area contributed by atoms with Crippen LogP contribution in [0.4, 0.5) is 5.69 Å². The van der Waals surface area contributed by atoms with Crippen LogP contribution in [0.2, 0.25) is 0 Å². The molecule has 0 amide bonds. The molecule has 0 fully saturated rings. The molecule has 0 saturated carbocycles. The molecule has 1 aliphatic rings. The summed E-state index contributed by atoms with van der Waals surface area (Å²) in [5.41, 5.74) is 2.20. The van der Waals surface area contributed by atoms with E-state index in [2.05, 4.69) is 0 Å². The highest BCUT2D eigenvalue weighted by molar-refractivity contribution is 7.86. The zero-order chi connectivity index (χ0) is 25.1. The Labute approximate surface area is 208 Å². The lowest BCUT2D eigenvalue weighted by Crippen LogP contribution is -2.36. The molecule has 3 aromatic rings. The molecule has 194 valence electrons. The monoisotopic (exact) mass is 538 g/mol. The summed E-state index contributed by atoms with van der Waals surface area (Å²) in [6.07, 6.45) is 5.55. The number of hydrogen-bond acceptors (Lipinski definition) is 8. The minimum Gasteiger partial charge on any atom is -0.870 e. The van der Waals surface area contributed by atoms with Crippen LogP contribution in [0.15, 0.2) is 71.0 Å². The van der Waals surface area contributed by atoms with Crippen molar-refractivity contribution in [1.82, 2.24) is 0 Å². The molecule has 0 spiro atoms. The van der Waals surface area contributed by atoms with Gasteiger partial charge in [-0.25, -0.2) is 0 Å². The van der Waals surface area contributed by atoms with E-state index in [4.69, 9.17) is 18.3 Å². The Balaban J connectivity index is 0.00000361. The number of allylic oxidation sites excluding steroid dienone is 2. The van der Waals surface area contributed by atoms with Crippen molar-refractivity contribution < 1.29 is 45.1 Å². The van der Waals surface area contributed by atoms with Crippen molar-refractivity contribution in [3.63, 3.8) is 0 Å². The number of aromatic nitrogens is 1. The minimum atomic E-state index is -4.07. The highest BCUT2D eigenvalue weighted by Gasteiger charge is 2.26. The van der Waals surface area contributed by atoms with Crippen molar-refractivity contribution in [3.05, 3.63) is 72.5 Å². The molecule has 0 radical (unpaired) electrons. The number of nitrogens with zero attached hydrogens (tertiary/aromatic N) is 2. The van der Waals surface area contributed by atoms with Crippen LogP contribution in [0.5, 0.6) is 5.75 Å². The Bertz CT molecular complexity index is 1490. The zero-order valence-electron chi connectivity index (χ0n) is 19.1. The van der Waals surface area contributed by atoms with E-state index in [0.717, 1.165) is 11.2 Å². The fourth-order valence-electron chi connectivity index (χ4n) is 3.84. The van der Waals surface area contributed by atoms with Crippen LogP contribution in [-0.4, -0.2) is 49.5 Å². The molecule has 0 aliphatic carbocycles. The van der Waals surface area contributed by atoms with Crippen molar-refractivity contribution in [1.29, 1.82) is 0 Å². The lowest BCUT2D eigenvalue weighted by Gasteiger charge is -2.17. The molecular weight excluding hydrogens is 512 g/mol. The third-order valence-corrected chi connectivity index (χ3v) is 6.93. The van der Waals surface area contributed by atoms with Crippen LogP contribution in [0, 0.1) is 0 Å². The Morgan fingerprint density at radius 2 is 1.58 bits per heavy atom. The van der Waals surface area contributed by atoms with Crippen molar-refractivity contribution in [2.75, 3.05) is 23.0 Å². The summed E-state index contributed by atoms with van der Waals surface area (Å²) < 4.78 is 76.2. The van der Waals surface area contributed by atoms with Crippen LogP contribution in [-0.2, 0) is 26.8 Å². The molecule has 0 bridgehead atoms. The van der Waals surface area contributed by atoms with E-state index < -0.39 is 20.2 Å². The second kappa shape index (κ2) is 11.2. The van der Waals surface area contributed by atoms with Crippen molar-refractivity contribution in [2.45, 2.75) is 19.4 Å². The van der Waals surface area contributed by atoms with Gasteiger partial charge in [0, 0.05) is 19.0 Å². The first kappa shape index (κ1) is 27.4. The fraction of sp³-hybridized carbons (Fsp3) is 0.261. The summed E-state index contributed by atoms with van der Waals surface area (Å²) in [6.45, 7) is 0.632. The number of para-hydroxylation sites is 4. The maximum Gasteiger partial charge on any atom is 0.374 e. The predicted molar refractivity (Wildman–Crippen MR) is 132 cm³/mol. The fourth-order valence-corrected chi connectivity index (χ4v) is 4.83. The molecule has 2 aromatic carbocycles. The van der Waals surface area contributed by atoms with Gasteiger partial charge in [0.15, 0.2) is 12.3 Å². The first-order valence-corrected chi connectivity index (χ1v) is 14.1. The number of fused-ring (bicyclic) bond motifs is 2. The number of rotatable bonds is 10. The summed E-state index contributed by atoms with van der Waals surface area (Å²) in [6, 6.07) is 14.7. The normalized spacial score (nSPS) is 14.8. The molecule has 3 N–H and O–H groups in total. The molecular formula is C23H26N2O9S2. The van der Waals surface area contributed by atoms with Gasteiger partial charge in [-0.05, 0) is 36.8 Å². The van der Waals surface area contributed by atoms with Gasteiger partial charge in [-0.2, -0.15) is 21.4 Å². The van der Waals surface area contributed by atoms with Crippen LogP contribution < -0.4 is 14.2 Å². The van der Waals surface area contributed by atoms with Gasteiger partial charge in [-0.1, -0.05) is 24.3 Å². The molecule has 4 rings (SSSR count). The molecule has 2 heterocycles. The zero-order valence-corrected chi connectivity index (χ0v) is 20.7. The highest BCUT2D eigenvalue weighted by Crippen LogP contribution is 2.38. The van der Waals surface area contributed by atoms with Gasteiger partial charge in [0.05, 0.1) is 23.3 Å². The maximum absolute atomic E-state index is 11.1. The largest absolute Gasteiger partial charge is 0.870 e. The lowest BCUT2D eigenvalue weighted by molar-refractivity contribution is -0.677. The quantitative estimate of drug-likeness (QED) is 0.289. The van der Waals surface area contributed by atoms with Crippen molar-refractivity contribution in [3.8, 4) is 5.75 Å². The molecule has 11 nitrogen and oxygen atoms in total. The first-order chi connectivity index (χ1) is 16.6. The number of anilines is 1. The average Bonchev–Trinajstić information content (AvgIpc) is 3.30. The Kier molecular flexibility index (Phi) is 8.53. The topological polar surface area (TPSA) is 168 Å². The van der Waals surface area contributed by atoms with E-state index in [1.54, 1.807) is 30.4 Å². The molecule has 13 heteroatoms.